The smallest absolute Gasteiger partial charge is 0.297 e. The molecule has 0 aliphatic rings. The Hall–Kier alpha value is -3.70. The third kappa shape index (κ3) is 5.44. The number of aromatic hydroxyl groups is 1. The van der Waals surface area contributed by atoms with Gasteiger partial charge in [-0.25, -0.2) is 0 Å². The first-order valence-corrected chi connectivity index (χ1v) is 13.3. The number of hydrogen-bond donors (Lipinski definition) is 3. The van der Waals surface area contributed by atoms with E-state index in [0.29, 0.717) is 16.5 Å². The number of hydrogen-bond acceptors (Lipinski definition) is 7. The van der Waals surface area contributed by atoms with Gasteiger partial charge in [0.25, 0.3) is 16.0 Å². The lowest BCUT2D eigenvalue weighted by Gasteiger charge is -2.13. The normalized spacial score (nSPS) is 11.7. The first-order valence-electron chi connectivity index (χ1n) is 11.1. The number of carbonyl (C=O) groups excluding carboxylic acids is 1. The van der Waals surface area contributed by atoms with E-state index < -0.39 is 26.7 Å². The van der Waals surface area contributed by atoms with Crippen molar-refractivity contribution >= 4 is 67.1 Å². The van der Waals surface area contributed by atoms with Gasteiger partial charge in [-0.05, 0) is 41.6 Å². The van der Waals surface area contributed by atoms with Crippen LogP contribution in [-0.4, -0.2) is 31.1 Å². The van der Waals surface area contributed by atoms with E-state index in [0.717, 1.165) is 0 Å². The molecule has 0 heterocycles. The molecule has 0 spiro atoms. The highest BCUT2D eigenvalue weighted by molar-refractivity contribution is 7.86. The van der Waals surface area contributed by atoms with Crippen LogP contribution >= 0.6 is 23.2 Å². The minimum atomic E-state index is -4.71. The van der Waals surface area contributed by atoms with E-state index in [4.69, 9.17) is 27.9 Å². The Bertz CT molecular complexity index is 1710. The highest BCUT2D eigenvalue weighted by atomic mass is 35.5. The molecule has 0 aromatic heterocycles. The standard InChI is InChI=1S/C26H21Cl2N3O6S/c1-3-14-8-10-19(27)23(25(14)38(34,35)36)31-30-22-17-7-5-4-6-15(17)12-18(24(22)32)26(33)29-21-11-9-16(37-2)13-20(21)28/h4-13,32H,3H2,1-2H3,(H,29,33)(H,34,35,36). The molecule has 0 aliphatic carbocycles. The zero-order chi connectivity index (χ0) is 27.6. The number of benzene rings is 4. The number of phenols is 1. The molecule has 0 bridgehead atoms. The summed E-state index contributed by atoms with van der Waals surface area (Å²) in [4.78, 5) is 12.7. The predicted molar refractivity (Wildman–Crippen MR) is 146 cm³/mol. The Balaban J connectivity index is 1.85. The number of anilines is 1. The van der Waals surface area contributed by atoms with Gasteiger partial charge in [-0.2, -0.15) is 8.42 Å². The maximum absolute atomic E-state index is 13.2. The van der Waals surface area contributed by atoms with E-state index in [9.17, 15) is 22.9 Å². The van der Waals surface area contributed by atoms with Crippen LogP contribution in [0.4, 0.5) is 17.1 Å². The number of nitrogens with zero attached hydrogens (tertiary/aromatic N) is 2. The molecule has 196 valence electrons. The van der Waals surface area contributed by atoms with Crippen LogP contribution in [0, 0.1) is 0 Å². The van der Waals surface area contributed by atoms with Gasteiger partial charge in [0.2, 0.25) is 0 Å². The topological polar surface area (TPSA) is 138 Å². The lowest BCUT2D eigenvalue weighted by atomic mass is 10.0. The van der Waals surface area contributed by atoms with Crippen molar-refractivity contribution in [2.24, 2.45) is 10.2 Å². The fourth-order valence-electron chi connectivity index (χ4n) is 3.85. The summed E-state index contributed by atoms with van der Waals surface area (Å²) >= 11 is 12.5. The van der Waals surface area contributed by atoms with Crippen LogP contribution in [0.25, 0.3) is 10.8 Å². The molecule has 0 aliphatic heterocycles. The molecule has 0 atom stereocenters. The van der Waals surface area contributed by atoms with E-state index >= 15 is 0 Å². The minimum absolute atomic E-state index is 0.0783. The largest absolute Gasteiger partial charge is 0.505 e. The SMILES string of the molecule is CCc1ccc(Cl)c(N=Nc2c(O)c(C(=O)Nc3ccc(OC)cc3Cl)cc3ccccc23)c1S(=O)(=O)O. The number of ether oxygens (including phenoxy) is 1. The number of fused-ring (bicyclic) bond motifs is 1. The van der Waals surface area contributed by atoms with Crippen molar-refractivity contribution in [2.45, 2.75) is 18.2 Å². The van der Waals surface area contributed by atoms with Crippen molar-refractivity contribution in [1.82, 2.24) is 0 Å². The Morgan fingerprint density at radius 1 is 1.00 bits per heavy atom. The number of phenolic OH excluding ortho intramolecular Hbond substituents is 1. The van der Waals surface area contributed by atoms with Crippen LogP contribution in [0.1, 0.15) is 22.8 Å². The summed E-state index contributed by atoms with van der Waals surface area (Å²) in [6.07, 6.45) is 0.270. The van der Waals surface area contributed by atoms with Gasteiger partial charge in [-0.1, -0.05) is 60.5 Å². The molecular formula is C26H21Cl2N3O6S. The van der Waals surface area contributed by atoms with Crippen LogP contribution in [-0.2, 0) is 16.5 Å². The third-order valence-corrected chi connectivity index (χ3v) is 7.31. The Kier molecular flexibility index (Phi) is 7.89. The second-order valence-electron chi connectivity index (χ2n) is 8.06. The Morgan fingerprint density at radius 2 is 1.71 bits per heavy atom. The second kappa shape index (κ2) is 11.0. The van der Waals surface area contributed by atoms with Gasteiger partial charge in [0, 0.05) is 11.5 Å². The number of azo groups is 1. The third-order valence-electron chi connectivity index (χ3n) is 5.72. The fourth-order valence-corrected chi connectivity index (χ4v) is 5.26. The molecule has 0 saturated carbocycles. The van der Waals surface area contributed by atoms with E-state index in [1.165, 1.54) is 31.4 Å². The summed E-state index contributed by atoms with van der Waals surface area (Å²) in [6, 6.07) is 15.9. The molecular weight excluding hydrogens is 553 g/mol. The molecule has 0 saturated heterocycles. The summed E-state index contributed by atoms with van der Waals surface area (Å²) in [5.74, 6) is -0.688. The average Bonchev–Trinajstić information content (AvgIpc) is 2.88. The van der Waals surface area contributed by atoms with Gasteiger partial charge in [0.15, 0.2) is 5.75 Å². The molecule has 0 fully saturated rings. The highest BCUT2D eigenvalue weighted by Gasteiger charge is 2.24. The summed E-state index contributed by atoms with van der Waals surface area (Å²) in [6.45, 7) is 1.70. The van der Waals surface area contributed by atoms with Gasteiger partial charge in [0.05, 0.1) is 28.4 Å². The van der Waals surface area contributed by atoms with Crippen molar-refractivity contribution in [3.63, 3.8) is 0 Å². The maximum atomic E-state index is 13.2. The maximum Gasteiger partial charge on any atom is 0.297 e. The number of rotatable bonds is 7. The lowest BCUT2D eigenvalue weighted by Crippen LogP contribution is -2.12. The first kappa shape index (κ1) is 27.3. The zero-order valence-corrected chi connectivity index (χ0v) is 22.4. The quantitative estimate of drug-likeness (QED) is 0.156. The molecule has 4 aromatic carbocycles. The Labute approximate surface area is 228 Å². The van der Waals surface area contributed by atoms with Gasteiger partial charge >= 0.3 is 0 Å². The molecule has 38 heavy (non-hydrogen) atoms. The summed E-state index contributed by atoms with van der Waals surface area (Å²) < 4.78 is 39.2. The fraction of sp³-hybridized carbons (Fsp3) is 0.115. The number of aryl methyl sites for hydroxylation is 1. The highest BCUT2D eigenvalue weighted by Crippen LogP contribution is 2.42. The summed E-state index contributed by atoms with van der Waals surface area (Å²) in [5.41, 5.74) is 0.0386. The number of methoxy groups -OCH3 is 1. The predicted octanol–water partition coefficient (Wildman–Crippen LogP) is 7.34. The number of carbonyl (C=O) groups is 1. The minimum Gasteiger partial charge on any atom is -0.505 e. The molecule has 4 rings (SSSR count). The van der Waals surface area contributed by atoms with Crippen molar-refractivity contribution in [3.05, 3.63) is 81.8 Å². The first-order chi connectivity index (χ1) is 18.0. The van der Waals surface area contributed by atoms with Crippen LogP contribution < -0.4 is 10.1 Å². The van der Waals surface area contributed by atoms with E-state index in [1.807, 2.05) is 0 Å². The van der Waals surface area contributed by atoms with E-state index in [-0.39, 0.29) is 44.7 Å². The van der Waals surface area contributed by atoms with Gasteiger partial charge in [0.1, 0.15) is 22.0 Å². The molecule has 0 radical (unpaired) electrons. The number of nitrogens with one attached hydrogen (secondary N) is 1. The Morgan fingerprint density at radius 3 is 2.37 bits per heavy atom. The van der Waals surface area contributed by atoms with Gasteiger partial charge < -0.3 is 15.2 Å². The molecule has 3 N–H and O–H groups in total. The van der Waals surface area contributed by atoms with E-state index in [2.05, 4.69) is 15.5 Å². The monoisotopic (exact) mass is 573 g/mol. The second-order valence-corrected chi connectivity index (χ2v) is 10.2. The van der Waals surface area contributed by atoms with Crippen LogP contribution in [0.2, 0.25) is 10.0 Å². The molecule has 12 heteroatoms. The molecule has 0 unspecified atom stereocenters. The molecule has 4 aromatic rings. The van der Waals surface area contributed by atoms with Gasteiger partial charge in [-0.3, -0.25) is 9.35 Å². The number of halogens is 2. The van der Waals surface area contributed by atoms with Gasteiger partial charge in [-0.15, -0.1) is 10.2 Å². The van der Waals surface area contributed by atoms with Crippen molar-refractivity contribution in [3.8, 4) is 11.5 Å². The van der Waals surface area contributed by atoms with Crippen LogP contribution in [0.5, 0.6) is 11.5 Å². The number of amides is 1. The zero-order valence-electron chi connectivity index (χ0n) is 20.1. The molecule has 1 amide bonds. The van der Waals surface area contributed by atoms with Crippen LogP contribution in [0.15, 0.2) is 75.8 Å². The van der Waals surface area contributed by atoms with Crippen molar-refractivity contribution in [2.75, 3.05) is 12.4 Å². The van der Waals surface area contributed by atoms with E-state index in [1.54, 1.807) is 43.3 Å². The van der Waals surface area contributed by atoms with Crippen molar-refractivity contribution < 1.29 is 27.6 Å². The summed E-state index contributed by atoms with van der Waals surface area (Å²) in [7, 11) is -3.22. The molecule has 9 nitrogen and oxygen atoms in total. The summed E-state index contributed by atoms with van der Waals surface area (Å²) in [5, 5.41) is 23.0. The van der Waals surface area contributed by atoms with Crippen LogP contribution in [0.3, 0.4) is 0 Å². The van der Waals surface area contributed by atoms with Crippen molar-refractivity contribution in [1.29, 1.82) is 0 Å². The average molecular weight is 574 g/mol. The lowest BCUT2D eigenvalue weighted by molar-refractivity contribution is 0.102.